The molecule has 0 saturated carbocycles. The summed E-state index contributed by atoms with van der Waals surface area (Å²) in [5.41, 5.74) is 7.27. The second-order valence-corrected chi connectivity index (χ2v) is 7.50. The zero-order valence-corrected chi connectivity index (χ0v) is 15.8. The molecular weight excluding hydrogens is 350 g/mol. The summed E-state index contributed by atoms with van der Waals surface area (Å²) in [6.45, 7) is 5.51. The van der Waals surface area contributed by atoms with Crippen molar-refractivity contribution in [2.45, 2.75) is 38.8 Å². The van der Waals surface area contributed by atoms with Crippen molar-refractivity contribution in [2.24, 2.45) is 0 Å². The molecule has 1 aliphatic heterocycles. The van der Waals surface area contributed by atoms with Crippen molar-refractivity contribution in [3.8, 4) is 0 Å². The number of rotatable bonds is 6. The zero-order valence-electron chi connectivity index (χ0n) is 14.9. The molecule has 0 aliphatic carbocycles. The van der Waals surface area contributed by atoms with Gasteiger partial charge in [-0.15, -0.1) is 11.3 Å². The lowest BCUT2D eigenvalue weighted by molar-refractivity contribution is -0.112. The summed E-state index contributed by atoms with van der Waals surface area (Å²) in [6, 6.07) is 2.09. The molecule has 3 rings (SSSR count). The Morgan fingerprint density at radius 3 is 2.77 bits per heavy atom. The van der Waals surface area contributed by atoms with Gasteiger partial charge >= 0.3 is 0 Å². The molecule has 0 aromatic carbocycles. The number of nitrogens with zero attached hydrogens (tertiary/aromatic N) is 3. The monoisotopic (exact) mass is 373 g/mol. The maximum atomic E-state index is 12.6. The van der Waals surface area contributed by atoms with Crippen LogP contribution in [0.15, 0.2) is 17.6 Å². The Bertz CT molecular complexity index is 799. The summed E-state index contributed by atoms with van der Waals surface area (Å²) >= 11 is 1.39. The van der Waals surface area contributed by atoms with Crippen molar-refractivity contribution in [3.63, 3.8) is 0 Å². The molecule has 3 N–H and O–H groups in total. The lowest BCUT2D eigenvalue weighted by atomic mass is 10.0. The van der Waals surface area contributed by atoms with Crippen molar-refractivity contribution in [1.82, 2.24) is 14.9 Å². The Morgan fingerprint density at radius 1 is 1.46 bits per heavy atom. The normalized spacial score (nSPS) is 17.0. The van der Waals surface area contributed by atoms with Crippen LogP contribution in [0.4, 0.5) is 11.8 Å². The number of aromatic nitrogens is 2. The van der Waals surface area contributed by atoms with Crippen LogP contribution < -0.4 is 11.1 Å². The van der Waals surface area contributed by atoms with Crippen molar-refractivity contribution < 1.29 is 9.59 Å². The third-order valence-corrected chi connectivity index (χ3v) is 5.78. The maximum Gasteiger partial charge on any atom is 0.224 e. The molecule has 1 saturated heterocycles. The highest BCUT2D eigenvalue weighted by Gasteiger charge is 2.23. The van der Waals surface area contributed by atoms with Gasteiger partial charge < -0.3 is 15.8 Å². The van der Waals surface area contributed by atoms with Crippen LogP contribution >= 0.6 is 11.3 Å². The lowest BCUT2D eigenvalue weighted by Crippen LogP contribution is -2.44. The molecule has 7 nitrogen and oxygen atoms in total. The van der Waals surface area contributed by atoms with E-state index >= 15 is 0 Å². The van der Waals surface area contributed by atoms with Gasteiger partial charge in [-0.25, -0.2) is 4.98 Å². The predicted molar refractivity (Wildman–Crippen MR) is 103 cm³/mol. The molecule has 26 heavy (non-hydrogen) atoms. The molecule has 3 heterocycles. The minimum absolute atomic E-state index is 0.0474. The van der Waals surface area contributed by atoms with E-state index in [2.05, 4.69) is 20.2 Å². The highest BCUT2D eigenvalue weighted by molar-refractivity contribution is 7.12. The van der Waals surface area contributed by atoms with Crippen LogP contribution in [0.5, 0.6) is 0 Å². The van der Waals surface area contributed by atoms with Crippen LogP contribution in [0, 0.1) is 6.92 Å². The van der Waals surface area contributed by atoms with Crippen molar-refractivity contribution >= 4 is 35.2 Å². The topological polar surface area (TPSA) is 101 Å². The van der Waals surface area contributed by atoms with Crippen LogP contribution in [-0.4, -0.2) is 52.1 Å². The first-order chi connectivity index (χ1) is 12.5. The molecule has 138 valence electrons. The minimum Gasteiger partial charge on any atom is -0.383 e. The molecule has 1 fully saturated rings. The van der Waals surface area contributed by atoms with E-state index in [0.717, 1.165) is 37.8 Å². The molecule has 2 aromatic rings. The van der Waals surface area contributed by atoms with Gasteiger partial charge in [-0.1, -0.05) is 0 Å². The van der Waals surface area contributed by atoms with E-state index in [0.29, 0.717) is 16.4 Å². The summed E-state index contributed by atoms with van der Waals surface area (Å²) in [7, 11) is 0. The first-order valence-corrected chi connectivity index (χ1v) is 9.54. The van der Waals surface area contributed by atoms with E-state index in [4.69, 9.17) is 5.73 Å². The zero-order chi connectivity index (χ0) is 18.7. The second kappa shape index (κ2) is 7.92. The third kappa shape index (κ3) is 3.91. The number of hydrogen-bond acceptors (Lipinski definition) is 8. The fourth-order valence-electron chi connectivity index (χ4n) is 3.09. The number of carbonyl (C=O) groups excluding carboxylic acids is 2. The predicted octanol–water partition coefficient (Wildman–Crippen LogP) is 2.12. The standard InChI is InChI=1S/C18H23N5O2S/c1-11-5-8-26-16(11)15(25)14-9-20-18(22-17(14)19)21-13-3-6-23(7-4-13)12(2)10-24/h5,8-10,12-13H,3-4,6-7H2,1-2H3,(H3,19,20,21,22). The summed E-state index contributed by atoms with van der Waals surface area (Å²) in [5.74, 6) is 0.480. The number of nitrogen functional groups attached to an aromatic ring is 1. The molecule has 0 radical (unpaired) electrons. The molecule has 1 aliphatic rings. The summed E-state index contributed by atoms with van der Waals surface area (Å²) in [5, 5.41) is 5.17. The summed E-state index contributed by atoms with van der Waals surface area (Å²) in [4.78, 5) is 34.8. The first kappa shape index (κ1) is 18.5. The Kier molecular flexibility index (Phi) is 5.63. The Labute approximate surface area is 156 Å². The number of piperidine rings is 1. The van der Waals surface area contributed by atoms with Crippen molar-refractivity contribution in [3.05, 3.63) is 33.6 Å². The SMILES string of the molecule is Cc1ccsc1C(=O)c1cnc(NC2CCN(C(C)C=O)CC2)nc1N. The summed E-state index contributed by atoms with van der Waals surface area (Å²) in [6.07, 6.45) is 4.27. The highest BCUT2D eigenvalue weighted by Crippen LogP contribution is 2.23. The van der Waals surface area contributed by atoms with E-state index in [1.165, 1.54) is 17.5 Å². The maximum absolute atomic E-state index is 12.6. The van der Waals surface area contributed by atoms with E-state index in [1.54, 1.807) is 0 Å². The average molecular weight is 373 g/mol. The number of nitrogens with one attached hydrogen (secondary N) is 1. The smallest absolute Gasteiger partial charge is 0.224 e. The van der Waals surface area contributed by atoms with Gasteiger partial charge in [-0.05, 0) is 43.7 Å². The number of hydrogen-bond donors (Lipinski definition) is 2. The molecule has 1 unspecified atom stereocenters. The Morgan fingerprint density at radius 2 is 2.19 bits per heavy atom. The Hall–Kier alpha value is -2.32. The fraction of sp³-hybridized carbons (Fsp3) is 0.444. The number of aldehydes is 1. The van der Waals surface area contributed by atoms with Crippen LogP contribution in [0.3, 0.4) is 0 Å². The van der Waals surface area contributed by atoms with Crippen LogP contribution in [0.2, 0.25) is 0 Å². The van der Waals surface area contributed by atoms with Gasteiger partial charge in [0.2, 0.25) is 11.7 Å². The van der Waals surface area contributed by atoms with Crippen LogP contribution in [0.25, 0.3) is 0 Å². The molecule has 0 amide bonds. The van der Waals surface area contributed by atoms with Crippen molar-refractivity contribution in [1.29, 1.82) is 0 Å². The average Bonchev–Trinajstić information content (AvgIpc) is 3.07. The van der Waals surface area contributed by atoms with Gasteiger partial charge in [0.1, 0.15) is 12.1 Å². The first-order valence-electron chi connectivity index (χ1n) is 8.66. The molecule has 2 aromatic heterocycles. The van der Waals surface area contributed by atoms with Crippen LogP contribution in [0.1, 0.15) is 40.6 Å². The van der Waals surface area contributed by atoms with E-state index in [-0.39, 0.29) is 23.7 Å². The molecular formula is C18H23N5O2S. The Balaban J connectivity index is 1.64. The van der Waals surface area contributed by atoms with Gasteiger partial charge in [0.25, 0.3) is 0 Å². The van der Waals surface area contributed by atoms with E-state index < -0.39 is 0 Å². The number of ketones is 1. The molecule has 0 bridgehead atoms. The number of anilines is 2. The number of nitrogens with two attached hydrogens (primary N) is 1. The van der Waals surface area contributed by atoms with Gasteiger partial charge in [0.05, 0.1) is 16.5 Å². The number of carbonyl (C=O) groups is 2. The second-order valence-electron chi connectivity index (χ2n) is 6.59. The minimum atomic E-state index is -0.141. The number of likely N-dealkylation sites (tertiary alicyclic amines) is 1. The van der Waals surface area contributed by atoms with Crippen LogP contribution in [-0.2, 0) is 4.79 Å². The highest BCUT2D eigenvalue weighted by atomic mass is 32.1. The number of aryl methyl sites for hydroxylation is 1. The molecule has 8 heteroatoms. The lowest BCUT2D eigenvalue weighted by Gasteiger charge is -2.34. The fourth-order valence-corrected chi connectivity index (χ4v) is 3.97. The van der Waals surface area contributed by atoms with Gasteiger partial charge in [-0.2, -0.15) is 4.98 Å². The van der Waals surface area contributed by atoms with Gasteiger partial charge in [-0.3, -0.25) is 9.69 Å². The molecule has 0 spiro atoms. The molecule has 1 atom stereocenters. The summed E-state index contributed by atoms with van der Waals surface area (Å²) < 4.78 is 0. The van der Waals surface area contributed by atoms with E-state index in [1.807, 2.05) is 25.3 Å². The quantitative estimate of drug-likeness (QED) is 0.591. The van der Waals surface area contributed by atoms with Gasteiger partial charge in [0, 0.05) is 25.3 Å². The largest absolute Gasteiger partial charge is 0.383 e. The van der Waals surface area contributed by atoms with Gasteiger partial charge in [0.15, 0.2) is 0 Å². The van der Waals surface area contributed by atoms with Crippen molar-refractivity contribution in [2.75, 3.05) is 24.1 Å². The van der Waals surface area contributed by atoms with E-state index in [9.17, 15) is 9.59 Å². The number of thiophene rings is 1. The third-order valence-electron chi connectivity index (χ3n) is 4.77.